The summed E-state index contributed by atoms with van der Waals surface area (Å²) >= 11 is 0. The maximum absolute atomic E-state index is 13.7. The Balaban J connectivity index is 1.87. The Labute approximate surface area is 210 Å². The van der Waals surface area contributed by atoms with E-state index in [4.69, 9.17) is 4.74 Å². The number of carbonyl (C=O) groups is 2. The van der Waals surface area contributed by atoms with Gasteiger partial charge in [-0.15, -0.1) is 0 Å². The zero-order valence-electron chi connectivity index (χ0n) is 20.1. The molecule has 0 saturated carbocycles. The van der Waals surface area contributed by atoms with Gasteiger partial charge in [-0.1, -0.05) is 12.1 Å². The summed E-state index contributed by atoms with van der Waals surface area (Å²) in [5, 5.41) is 11.2. The van der Waals surface area contributed by atoms with Crippen LogP contribution in [-0.4, -0.2) is 22.9 Å². The number of alkyl halides is 3. The highest BCUT2D eigenvalue weighted by molar-refractivity contribution is 6.51. The van der Waals surface area contributed by atoms with E-state index >= 15 is 0 Å². The van der Waals surface area contributed by atoms with E-state index in [9.17, 15) is 32.3 Å². The van der Waals surface area contributed by atoms with Crippen LogP contribution in [0.2, 0.25) is 0 Å². The normalized spacial score (nSPS) is 17.5. The maximum Gasteiger partial charge on any atom is 0.416 e. The third-order valence-electron chi connectivity index (χ3n) is 5.91. The van der Waals surface area contributed by atoms with Gasteiger partial charge in [-0.3, -0.25) is 14.5 Å². The fraction of sp³-hybridized carbons (Fsp3) is 0.214. The summed E-state index contributed by atoms with van der Waals surface area (Å²) in [6.07, 6.45) is -4.68. The number of carbonyl (C=O) groups excluding carboxylic acids is 2. The molecule has 37 heavy (non-hydrogen) atoms. The first-order chi connectivity index (χ1) is 17.4. The van der Waals surface area contributed by atoms with Gasteiger partial charge in [0.15, 0.2) is 0 Å². The Morgan fingerprint density at radius 3 is 2.14 bits per heavy atom. The van der Waals surface area contributed by atoms with Crippen molar-refractivity contribution in [1.82, 2.24) is 0 Å². The van der Waals surface area contributed by atoms with Crippen LogP contribution in [0, 0.1) is 12.7 Å². The molecule has 3 aromatic rings. The lowest BCUT2D eigenvalue weighted by atomic mass is 9.94. The van der Waals surface area contributed by atoms with Crippen molar-refractivity contribution in [2.75, 3.05) is 4.90 Å². The summed E-state index contributed by atoms with van der Waals surface area (Å²) in [5.41, 5.74) is 0.0249. The minimum absolute atomic E-state index is 0.0142. The van der Waals surface area contributed by atoms with Crippen LogP contribution in [0.3, 0.4) is 0 Å². The summed E-state index contributed by atoms with van der Waals surface area (Å²) < 4.78 is 58.6. The summed E-state index contributed by atoms with van der Waals surface area (Å²) in [6.45, 7) is 5.48. The van der Waals surface area contributed by atoms with Gasteiger partial charge in [-0.2, -0.15) is 13.2 Å². The van der Waals surface area contributed by atoms with Crippen LogP contribution in [0.15, 0.2) is 72.3 Å². The van der Waals surface area contributed by atoms with Crippen molar-refractivity contribution in [3.63, 3.8) is 0 Å². The zero-order valence-corrected chi connectivity index (χ0v) is 20.1. The molecule has 3 aromatic carbocycles. The van der Waals surface area contributed by atoms with Crippen molar-refractivity contribution in [2.24, 2.45) is 0 Å². The average molecular weight is 513 g/mol. The van der Waals surface area contributed by atoms with Crippen LogP contribution in [-0.2, 0) is 15.8 Å². The number of rotatable bonds is 5. The molecule has 192 valence electrons. The monoisotopic (exact) mass is 513 g/mol. The quantitative estimate of drug-likeness (QED) is 0.182. The molecule has 1 heterocycles. The van der Waals surface area contributed by atoms with Crippen LogP contribution >= 0.6 is 0 Å². The molecule has 0 aliphatic carbocycles. The van der Waals surface area contributed by atoms with Crippen molar-refractivity contribution in [2.45, 2.75) is 39.1 Å². The lowest BCUT2D eigenvalue weighted by Crippen LogP contribution is -2.29. The molecule has 5 nitrogen and oxygen atoms in total. The van der Waals surface area contributed by atoms with Crippen molar-refractivity contribution in [3.05, 3.63) is 100 Å². The van der Waals surface area contributed by atoms with E-state index in [1.807, 2.05) is 13.8 Å². The second-order valence-electron chi connectivity index (χ2n) is 8.91. The molecule has 1 fully saturated rings. The fourth-order valence-corrected chi connectivity index (χ4v) is 4.21. The van der Waals surface area contributed by atoms with Crippen molar-refractivity contribution in [1.29, 1.82) is 0 Å². The molecule has 4 rings (SSSR count). The lowest BCUT2D eigenvalue weighted by Gasteiger charge is -2.26. The second kappa shape index (κ2) is 9.72. The van der Waals surface area contributed by atoms with Crippen LogP contribution in [0.5, 0.6) is 5.75 Å². The Morgan fingerprint density at radius 2 is 1.59 bits per heavy atom. The molecule has 1 unspecified atom stereocenters. The Morgan fingerprint density at radius 1 is 0.973 bits per heavy atom. The molecule has 1 N–H and O–H groups in total. The molecule has 1 aliphatic rings. The highest BCUT2D eigenvalue weighted by atomic mass is 19.4. The van der Waals surface area contributed by atoms with Gasteiger partial charge < -0.3 is 9.84 Å². The molecule has 1 amide bonds. The number of ketones is 1. The number of benzene rings is 3. The van der Waals surface area contributed by atoms with E-state index in [2.05, 4.69) is 0 Å². The standard InChI is InChI=1S/C28H23F4NO4/c1-15(2)37-22-13-6-18(14-16(22)3)25(34)23-24(17-4-9-20(29)10-5-17)33(27(36)26(23)35)21-11-7-19(8-12-21)28(30,31)32/h4-15,24,34H,1-3H3/b25-23-. The van der Waals surface area contributed by atoms with Crippen LogP contribution in [0.4, 0.5) is 23.2 Å². The van der Waals surface area contributed by atoms with Crippen LogP contribution in [0.25, 0.3) is 5.76 Å². The Hall–Kier alpha value is -4.14. The molecular formula is C28H23F4NO4. The van der Waals surface area contributed by atoms with Gasteiger partial charge in [0, 0.05) is 11.3 Å². The van der Waals surface area contributed by atoms with Crippen LogP contribution < -0.4 is 9.64 Å². The SMILES string of the molecule is Cc1cc(/C(O)=C2/C(=O)C(=O)N(c3ccc(C(F)(F)F)cc3)C2c2ccc(F)cc2)ccc1OC(C)C. The number of aliphatic hydroxyl groups is 1. The smallest absolute Gasteiger partial charge is 0.416 e. The number of anilines is 1. The topological polar surface area (TPSA) is 66.8 Å². The number of hydrogen-bond acceptors (Lipinski definition) is 4. The molecule has 0 aromatic heterocycles. The minimum Gasteiger partial charge on any atom is -0.507 e. The first-order valence-corrected chi connectivity index (χ1v) is 11.4. The number of nitrogens with zero attached hydrogens (tertiary/aromatic N) is 1. The first-order valence-electron chi connectivity index (χ1n) is 11.4. The van der Waals surface area contributed by atoms with Gasteiger partial charge in [0.2, 0.25) is 0 Å². The second-order valence-corrected chi connectivity index (χ2v) is 8.91. The van der Waals surface area contributed by atoms with E-state index in [0.717, 1.165) is 41.3 Å². The number of Topliss-reactive ketones (excluding diaryl/α,β-unsaturated/α-hetero) is 1. The van der Waals surface area contributed by atoms with Gasteiger partial charge in [0.25, 0.3) is 11.7 Å². The third-order valence-corrected chi connectivity index (χ3v) is 5.91. The van der Waals surface area contributed by atoms with Crippen molar-refractivity contribution < 1.29 is 37.0 Å². The first kappa shape index (κ1) is 25.9. The highest BCUT2D eigenvalue weighted by Crippen LogP contribution is 2.43. The number of hydrogen-bond donors (Lipinski definition) is 1. The minimum atomic E-state index is -4.59. The molecule has 0 bridgehead atoms. The molecule has 1 saturated heterocycles. The van der Waals surface area contributed by atoms with Gasteiger partial charge in [-0.25, -0.2) is 4.39 Å². The third kappa shape index (κ3) is 5.07. The van der Waals surface area contributed by atoms with Crippen LogP contribution in [0.1, 0.15) is 42.1 Å². The molecule has 1 atom stereocenters. The van der Waals surface area contributed by atoms with E-state index in [1.165, 1.54) is 18.2 Å². The molecule has 0 spiro atoms. The molecular weight excluding hydrogens is 490 g/mol. The number of ether oxygens (including phenoxy) is 1. The predicted octanol–water partition coefficient (Wildman–Crippen LogP) is 6.57. The van der Waals surface area contributed by atoms with E-state index in [1.54, 1.807) is 19.1 Å². The van der Waals surface area contributed by atoms with Crippen molar-refractivity contribution >= 4 is 23.1 Å². The van der Waals surface area contributed by atoms with Crippen molar-refractivity contribution in [3.8, 4) is 5.75 Å². The number of halogens is 4. The highest BCUT2D eigenvalue weighted by Gasteiger charge is 2.47. The Kier molecular flexibility index (Phi) is 6.82. The van der Waals surface area contributed by atoms with E-state index in [-0.39, 0.29) is 22.9 Å². The average Bonchev–Trinajstić information content (AvgIpc) is 3.10. The lowest BCUT2D eigenvalue weighted by molar-refractivity contribution is -0.137. The molecule has 1 aliphatic heterocycles. The van der Waals surface area contributed by atoms with E-state index < -0.39 is 41.0 Å². The van der Waals surface area contributed by atoms with Gasteiger partial charge in [-0.05, 0) is 86.5 Å². The molecule has 9 heteroatoms. The molecule has 0 radical (unpaired) electrons. The zero-order chi connectivity index (χ0) is 27.1. The van der Waals surface area contributed by atoms with Gasteiger partial charge in [0.05, 0.1) is 23.3 Å². The summed E-state index contributed by atoms with van der Waals surface area (Å²) in [4.78, 5) is 27.3. The van der Waals surface area contributed by atoms with E-state index in [0.29, 0.717) is 16.9 Å². The number of aryl methyl sites for hydroxylation is 1. The Bertz CT molecular complexity index is 1380. The largest absolute Gasteiger partial charge is 0.507 e. The summed E-state index contributed by atoms with van der Waals surface area (Å²) in [7, 11) is 0. The maximum atomic E-state index is 13.7. The summed E-state index contributed by atoms with van der Waals surface area (Å²) in [5.74, 6) is -2.52. The number of amides is 1. The summed E-state index contributed by atoms with van der Waals surface area (Å²) in [6, 6.07) is 12.3. The fourth-order valence-electron chi connectivity index (χ4n) is 4.21. The predicted molar refractivity (Wildman–Crippen MR) is 130 cm³/mol. The number of aliphatic hydroxyl groups excluding tert-OH is 1. The van der Waals surface area contributed by atoms with Gasteiger partial charge in [0.1, 0.15) is 17.3 Å². The van der Waals surface area contributed by atoms with Gasteiger partial charge >= 0.3 is 6.18 Å².